The number of amides is 3. The predicted octanol–water partition coefficient (Wildman–Crippen LogP) is 0.797. The van der Waals surface area contributed by atoms with Gasteiger partial charge in [0.05, 0.1) is 0 Å². The van der Waals surface area contributed by atoms with Crippen molar-refractivity contribution in [2.24, 2.45) is 5.92 Å². The highest BCUT2D eigenvalue weighted by atomic mass is 16.4. The van der Waals surface area contributed by atoms with E-state index in [1.54, 1.807) is 11.9 Å². The molecule has 7 heteroatoms. The number of carbonyl (C=O) groups is 3. The van der Waals surface area contributed by atoms with Crippen LogP contribution >= 0.6 is 0 Å². The molecule has 0 saturated carbocycles. The second-order valence-corrected chi connectivity index (χ2v) is 5.52. The number of hydrogen-bond acceptors (Lipinski definition) is 3. The minimum Gasteiger partial charge on any atom is -0.481 e. The van der Waals surface area contributed by atoms with Gasteiger partial charge in [-0.05, 0) is 31.6 Å². The first-order valence-corrected chi connectivity index (χ1v) is 7.43. The maximum atomic E-state index is 12.1. The van der Waals surface area contributed by atoms with Crippen molar-refractivity contribution in [2.45, 2.75) is 45.1 Å². The zero-order valence-corrected chi connectivity index (χ0v) is 12.7. The van der Waals surface area contributed by atoms with E-state index in [1.165, 1.54) is 0 Å². The monoisotopic (exact) mass is 299 g/mol. The Balaban J connectivity index is 2.30. The molecule has 0 aliphatic carbocycles. The molecule has 0 bridgehead atoms. The van der Waals surface area contributed by atoms with E-state index in [4.69, 9.17) is 5.11 Å². The van der Waals surface area contributed by atoms with E-state index in [0.29, 0.717) is 25.9 Å². The molecular formula is C14H25N3O4. The van der Waals surface area contributed by atoms with Gasteiger partial charge in [-0.1, -0.05) is 6.92 Å². The number of nitrogens with zero attached hydrogens (tertiary/aromatic N) is 1. The topological polar surface area (TPSA) is 98.7 Å². The molecule has 1 aliphatic heterocycles. The summed E-state index contributed by atoms with van der Waals surface area (Å²) in [6.07, 6.45) is 3.02. The number of nitrogens with one attached hydrogen (secondary N) is 2. The number of carboxylic acids is 1. The Hall–Kier alpha value is -1.79. The fraction of sp³-hybridized carbons (Fsp3) is 0.786. The van der Waals surface area contributed by atoms with Crippen molar-refractivity contribution in [3.63, 3.8) is 0 Å². The van der Waals surface area contributed by atoms with Crippen molar-refractivity contribution in [3.05, 3.63) is 0 Å². The van der Waals surface area contributed by atoms with E-state index < -0.39 is 5.97 Å². The molecule has 3 N–H and O–H groups in total. The SMILES string of the molecule is CNC(=O)C1CCCN1C(=O)NCCC(C)CCC(=O)O. The quantitative estimate of drug-likeness (QED) is 0.647. The first kappa shape index (κ1) is 17.3. The van der Waals surface area contributed by atoms with Crippen molar-refractivity contribution in [2.75, 3.05) is 20.1 Å². The molecule has 7 nitrogen and oxygen atoms in total. The number of carbonyl (C=O) groups excluding carboxylic acids is 2. The van der Waals surface area contributed by atoms with E-state index in [2.05, 4.69) is 10.6 Å². The molecular weight excluding hydrogens is 274 g/mol. The zero-order valence-electron chi connectivity index (χ0n) is 12.7. The largest absolute Gasteiger partial charge is 0.481 e. The van der Waals surface area contributed by atoms with Gasteiger partial charge in [0, 0.05) is 26.6 Å². The van der Waals surface area contributed by atoms with E-state index in [-0.39, 0.29) is 30.3 Å². The van der Waals surface area contributed by atoms with Crippen LogP contribution < -0.4 is 10.6 Å². The summed E-state index contributed by atoms with van der Waals surface area (Å²) in [5.74, 6) is -0.677. The lowest BCUT2D eigenvalue weighted by atomic mass is 10.0. The third kappa shape index (κ3) is 5.61. The van der Waals surface area contributed by atoms with Crippen LogP contribution in [0.25, 0.3) is 0 Å². The van der Waals surface area contributed by atoms with Crippen molar-refractivity contribution in [1.29, 1.82) is 0 Å². The zero-order chi connectivity index (χ0) is 15.8. The summed E-state index contributed by atoms with van der Waals surface area (Å²) < 4.78 is 0. The van der Waals surface area contributed by atoms with Gasteiger partial charge < -0.3 is 20.6 Å². The Morgan fingerprint density at radius 1 is 1.33 bits per heavy atom. The van der Waals surface area contributed by atoms with Gasteiger partial charge in [0.15, 0.2) is 0 Å². The second-order valence-electron chi connectivity index (χ2n) is 5.52. The van der Waals surface area contributed by atoms with Crippen LogP contribution in [0.2, 0.25) is 0 Å². The summed E-state index contributed by atoms with van der Waals surface area (Å²) in [6, 6.07) is -0.592. The maximum Gasteiger partial charge on any atom is 0.318 e. The first-order chi connectivity index (χ1) is 9.95. The average molecular weight is 299 g/mol. The van der Waals surface area contributed by atoms with Crippen LogP contribution in [-0.4, -0.2) is 54.1 Å². The molecule has 1 aliphatic rings. The molecule has 120 valence electrons. The number of carboxylic acid groups (broad SMARTS) is 1. The van der Waals surface area contributed by atoms with E-state index in [0.717, 1.165) is 12.8 Å². The summed E-state index contributed by atoms with van der Waals surface area (Å²) in [5, 5.41) is 14.0. The molecule has 0 aromatic carbocycles. The first-order valence-electron chi connectivity index (χ1n) is 7.43. The number of hydrogen-bond donors (Lipinski definition) is 3. The molecule has 0 spiro atoms. The minimum absolute atomic E-state index is 0.127. The number of likely N-dealkylation sites (tertiary alicyclic amines) is 1. The summed E-state index contributed by atoms with van der Waals surface area (Å²) in [5.41, 5.74) is 0. The van der Waals surface area contributed by atoms with Crippen LogP contribution in [0.3, 0.4) is 0 Å². The van der Waals surface area contributed by atoms with Crippen LogP contribution in [-0.2, 0) is 9.59 Å². The number of aliphatic carboxylic acids is 1. The Bertz CT molecular complexity index is 386. The Morgan fingerprint density at radius 2 is 2.05 bits per heavy atom. The van der Waals surface area contributed by atoms with Crippen LogP contribution in [0.5, 0.6) is 0 Å². The summed E-state index contributed by atoms with van der Waals surface area (Å²) >= 11 is 0. The summed E-state index contributed by atoms with van der Waals surface area (Å²) in [7, 11) is 1.57. The van der Waals surface area contributed by atoms with Crippen molar-refractivity contribution in [1.82, 2.24) is 15.5 Å². The number of urea groups is 1. The fourth-order valence-electron chi connectivity index (χ4n) is 2.49. The number of likely N-dealkylation sites (N-methyl/N-ethyl adjacent to an activating group) is 1. The molecule has 21 heavy (non-hydrogen) atoms. The van der Waals surface area contributed by atoms with E-state index >= 15 is 0 Å². The molecule has 0 aromatic heterocycles. The smallest absolute Gasteiger partial charge is 0.318 e. The predicted molar refractivity (Wildman–Crippen MR) is 77.8 cm³/mol. The van der Waals surface area contributed by atoms with Crippen molar-refractivity contribution < 1.29 is 19.5 Å². The lowest BCUT2D eigenvalue weighted by Gasteiger charge is -2.24. The third-order valence-corrected chi connectivity index (χ3v) is 3.83. The number of rotatable bonds is 7. The molecule has 1 fully saturated rings. The lowest BCUT2D eigenvalue weighted by molar-refractivity contribution is -0.137. The molecule has 2 unspecified atom stereocenters. The van der Waals surface area contributed by atoms with Crippen LogP contribution in [0.1, 0.15) is 39.0 Å². The van der Waals surface area contributed by atoms with Crippen LogP contribution in [0.4, 0.5) is 4.79 Å². The second kappa shape index (κ2) is 8.49. The molecule has 3 amide bonds. The van der Waals surface area contributed by atoms with Crippen LogP contribution in [0.15, 0.2) is 0 Å². The van der Waals surface area contributed by atoms with Crippen LogP contribution in [0, 0.1) is 5.92 Å². The summed E-state index contributed by atoms with van der Waals surface area (Å²) in [4.78, 5) is 35.8. The Kier molecular flexibility index (Phi) is 6.98. The molecule has 1 heterocycles. The highest BCUT2D eigenvalue weighted by Crippen LogP contribution is 2.17. The third-order valence-electron chi connectivity index (χ3n) is 3.83. The Labute approximate surface area is 125 Å². The fourth-order valence-corrected chi connectivity index (χ4v) is 2.49. The molecule has 0 radical (unpaired) electrons. The molecule has 2 atom stereocenters. The van der Waals surface area contributed by atoms with Crippen molar-refractivity contribution >= 4 is 17.9 Å². The highest BCUT2D eigenvalue weighted by molar-refractivity contribution is 5.87. The van der Waals surface area contributed by atoms with Gasteiger partial charge in [0.1, 0.15) is 6.04 Å². The standard InChI is InChI=1S/C14H25N3O4/c1-10(5-6-12(18)19)7-8-16-14(21)17-9-3-4-11(17)13(20)15-2/h10-11H,3-9H2,1-2H3,(H,15,20)(H,16,21)(H,18,19). The molecule has 1 rings (SSSR count). The van der Waals surface area contributed by atoms with Crippen molar-refractivity contribution in [3.8, 4) is 0 Å². The van der Waals surface area contributed by atoms with Gasteiger partial charge in [-0.2, -0.15) is 0 Å². The molecule has 0 aromatic rings. The van der Waals surface area contributed by atoms with Gasteiger partial charge >= 0.3 is 12.0 Å². The normalized spacial score (nSPS) is 19.1. The van der Waals surface area contributed by atoms with Gasteiger partial charge in [0.25, 0.3) is 0 Å². The average Bonchev–Trinajstić information content (AvgIpc) is 2.93. The maximum absolute atomic E-state index is 12.1. The van der Waals surface area contributed by atoms with E-state index in [9.17, 15) is 14.4 Å². The molecule has 1 saturated heterocycles. The van der Waals surface area contributed by atoms with Gasteiger partial charge in [-0.15, -0.1) is 0 Å². The minimum atomic E-state index is -0.795. The van der Waals surface area contributed by atoms with Gasteiger partial charge in [-0.3, -0.25) is 9.59 Å². The summed E-state index contributed by atoms with van der Waals surface area (Å²) in [6.45, 7) is 3.06. The Morgan fingerprint density at radius 3 is 2.67 bits per heavy atom. The van der Waals surface area contributed by atoms with Gasteiger partial charge in [-0.25, -0.2) is 4.79 Å². The van der Waals surface area contributed by atoms with Gasteiger partial charge in [0.2, 0.25) is 5.91 Å². The highest BCUT2D eigenvalue weighted by Gasteiger charge is 2.33. The lowest BCUT2D eigenvalue weighted by Crippen LogP contribution is -2.49. The van der Waals surface area contributed by atoms with E-state index in [1.807, 2.05) is 6.92 Å².